The summed E-state index contributed by atoms with van der Waals surface area (Å²) in [5, 5.41) is 30.3. The summed E-state index contributed by atoms with van der Waals surface area (Å²) in [5.74, 6) is 0.769. The predicted molar refractivity (Wildman–Crippen MR) is 138 cm³/mol. The van der Waals surface area contributed by atoms with E-state index >= 15 is 0 Å². The number of carbonyl (C=O) groups excluding carboxylic acids is 1. The third-order valence-electron chi connectivity index (χ3n) is 5.33. The first kappa shape index (κ1) is 24.3. The fraction of sp³-hybridized carbons (Fsp3) is 0.375. The van der Waals surface area contributed by atoms with Crippen LogP contribution in [0.5, 0.6) is 11.5 Å². The van der Waals surface area contributed by atoms with Gasteiger partial charge >= 0.3 is 0 Å². The summed E-state index contributed by atoms with van der Waals surface area (Å²) in [7, 11) is 0. The smallest absolute Gasteiger partial charge is 0.197 e. The van der Waals surface area contributed by atoms with Crippen molar-refractivity contribution in [3.05, 3.63) is 53.9 Å². The van der Waals surface area contributed by atoms with Gasteiger partial charge in [0.05, 0.1) is 12.7 Å². The lowest BCUT2D eigenvalue weighted by Gasteiger charge is -2.07. The second kappa shape index (κ2) is 11.0. The second-order valence-corrected chi connectivity index (χ2v) is 9.96. The number of furan rings is 1. The van der Waals surface area contributed by atoms with Crippen molar-refractivity contribution in [1.29, 1.82) is 0 Å². The lowest BCUT2D eigenvalue weighted by atomic mass is 9.96. The Bertz CT molecular complexity index is 1060. The molecule has 0 bridgehead atoms. The van der Waals surface area contributed by atoms with Gasteiger partial charge in [0.25, 0.3) is 0 Å². The number of aliphatic hydroxyl groups is 1. The summed E-state index contributed by atoms with van der Waals surface area (Å²) in [6.07, 6.45) is 5.72. The number of phenols is 2. The second-order valence-electron chi connectivity index (χ2n) is 7.63. The first-order chi connectivity index (χ1) is 14.9. The van der Waals surface area contributed by atoms with Gasteiger partial charge in [-0.25, -0.2) is 0 Å². The predicted octanol–water partition coefficient (Wildman–Crippen LogP) is 6.33. The Morgan fingerprint density at radius 2 is 1.65 bits per heavy atom. The number of aryl methyl sites for hydroxylation is 2. The zero-order valence-corrected chi connectivity index (χ0v) is 21.7. The number of aromatic hydroxyl groups is 2. The van der Waals surface area contributed by atoms with E-state index in [1.54, 1.807) is 18.2 Å². The number of benzene rings is 2. The van der Waals surface area contributed by atoms with Crippen LogP contribution in [0.4, 0.5) is 0 Å². The lowest BCUT2D eigenvalue weighted by Crippen LogP contribution is -2.05. The maximum atomic E-state index is 13.5. The van der Waals surface area contributed by atoms with Crippen LogP contribution in [0.3, 0.4) is 0 Å². The van der Waals surface area contributed by atoms with E-state index in [4.69, 9.17) is 9.52 Å². The van der Waals surface area contributed by atoms with Crippen molar-refractivity contribution in [2.75, 3.05) is 6.61 Å². The summed E-state index contributed by atoms with van der Waals surface area (Å²) in [6.45, 7) is 2.25. The minimum Gasteiger partial charge on any atom is -0.508 e. The molecule has 0 aliphatic rings. The minimum absolute atomic E-state index is 0.119. The summed E-state index contributed by atoms with van der Waals surface area (Å²) < 4.78 is 7.37. The van der Waals surface area contributed by atoms with Gasteiger partial charge in [0.15, 0.2) is 5.78 Å². The van der Waals surface area contributed by atoms with E-state index in [1.165, 1.54) is 0 Å². The number of phenolic OH excluding ortho intramolecular Hbond substituents is 2. The first-order valence-electron chi connectivity index (χ1n) is 10.5. The molecule has 1 heterocycles. The standard InChI is InChI=1S/C24H26I2O5/c1-2-3-4-8-20-22(23(29)15-10-17(25)24(30)18(26)11-15)16-13-19(28)14(7-5-6-9-27)12-21(16)31-20/h10-13,27-28,30H,2-9H2,1H3. The Hall–Kier alpha value is -1.33. The average Bonchev–Trinajstić information content (AvgIpc) is 3.08. The van der Waals surface area contributed by atoms with Gasteiger partial charge in [0, 0.05) is 24.0 Å². The highest BCUT2D eigenvalue weighted by atomic mass is 127. The van der Waals surface area contributed by atoms with E-state index in [-0.39, 0.29) is 23.9 Å². The molecule has 0 spiro atoms. The van der Waals surface area contributed by atoms with Gasteiger partial charge in [-0.2, -0.15) is 0 Å². The van der Waals surface area contributed by atoms with Gasteiger partial charge in [-0.05, 0) is 101 Å². The molecule has 0 atom stereocenters. The minimum atomic E-state index is -0.173. The molecule has 2 aromatic carbocycles. The third-order valence-corrected chi connectivity index (χ3v) is 6.97. The van der Waals surface area contributed by atoms with E-state index in [2.05, 4.69) is 6.92 Å². The van der Waals surface area contributed by atoms with Crippen molar-refractivity contribution < 1.29 is 24.5 Å². The van der Waals surface area contributed by atoms with Crippen molar-refractivity contribution in [1.82, 2.24) is 0 Å². The number of rotatable bonds is 10. The van der Waals surface area contributed by atoms with E-state index < -0.39 is 0 Å². The van der Waals surface area contributed by atoms with Crippen LogP contribution >= 0.6 is 45.2 Å². The number of hydrogen-bond donors (Lipinski definition) is 3. The molecule has 5 nitrogen and oxygen atoms in total. The SMILES string of the molecule is CCCCCc1oc2cc(CCCCO)c(O)cc2c1C(=O)c1cc(I)c(O)c(I)c1. The van der Waals surface area contributed by atoms with E-state index in [0.717, 1.165) is 31.2 Å². The molecule has 31 heavy (non-hydrogen) atoms. The molecule has 0 fully saturated rings. The number of carbonyl (C=O) groups is 1. The molecule has 3 N–H and O–H groups in total. The number of fused-ring (bicyclic) bond motifs is 1. The van der Waals surface area contributed by atoms with Crippen molar-refractivity contribution in [2.45, 2.75) is 51.9 Å². The zero-order valence-electron chi connectivity index (χ0n) is 17.4. The first-order valence-corrected chi connectivity index (χ1v) is 12.6. The van der Waals surface area contributed by atoms with E-state index in [0.29, 0.717) is 54.3 Å². The Labute approximate surface area is 209 Å². The maximum Gasteiger partial charge on any atom is 0.197 e. The number of halogens is 2. The van der Waals surface area contributed by atoms with Gasteiger partial charge in [0.2, 0.25) is 0 Å². The molecule has 0 aliphatic carbocycles. The monoisotopic (exact) mass is 648 g/mol. The quantitative estimate of drug-likeness (QED) is 0.136. The topological polar surface area (TPSA) is 90.9 Å². The summed E-state index contributed by atoms with van der Waals surface area (Å²) in [5.41, 5.74) is 2.32. The van der Waals surface area contributed by atoms with Crippen LogP contribution in [0.25, 0.3) is 11.0 Å². The van der Waals surface area contributed by atoms with Crippen LogP contribution in [0.15, 0.2) is 28.7 Å². The van der Waals surface area contributed by atoms with Crippen molar-refractivity contribution in [2.24, 2.45) is 0 Å². The third kappa shape index (κ3) is 5.54. The fourth-order valence-electron chi connectivity index (χ4n) is 3.65. The number of unbranched alkanes of at least 4 members (excludes halogenated alkanes) is 3. The lowest BCUT2D eigenvalue weighted by molar-refractivity contribution is 0.103. The van der Waals surface area contributed by atoms with Crippen LogP contribution < -0.4 is 0 Å². The molecule has 0 unspecified atom stereocenters. The van der Waals surface area contributed by atoms with Crippen LogP contribution in [-0.4, -0.2) is 27.7 Å². The Kier molecular flexibility index (Phi) is 8.63. The van der Waals surface area contributed by atoms with Gasteiger partial charge < -0.3 is 19.7 Å². The van der Waals surface area contributed by atoms with Gasteiger partial charge in [-0.15, -0.1) is 0 Å². The normalized spacial score (nSPS) is 11.4. The molecule has 7 heteroatoms. The fourth-order valence-corrected chi connectivity index (χ4v) is 5.42. The van der Waals surface area contributed by atoms with Crippen LogP contribution in [0.2, 0.25) is 0 Å². The van der Waals surface area contributed by atoms with Gasteiger partial charge in [0.1, 0.15) is 22.8 Å². The molecule has 0 saturated heterocycles. The number of ketones is 1. The molecule has 0 amide bonds. The Balaban J connectivity index is 2.09. The van der Waals surface area contributed by atoms with Crippen molar-refractivity contribution >= 4 is 61.9 Å². The van der Waals surface area contributed by atoms with Crippen molar-refractivity contribution in [3.63, 3.8) is 0 Å². The number of aliphatic hydroxyl groups excluding tert-OH is 1. The average molecular weight is 648 g/mol. The molecule has 1 aromatic heterocycles. The number of hydrogen-bond acceptors (Lipinski definition) is 5. The van der Waals surface area contributed by atoms with Crippen LogP contribution in [0, 0.1) is 7.14 Å². The van der Waals surface area contributed by atoms with Crippen LogP contribution in [0.1, 0.15) is 66.3 Å². The Morgan fingerprint density at radius 3 is 2.29 bits per heavy atom. The van der Waals surface area contributed by atoms with Crippen molar-refractivity contribution in [3.8, 4) is 11.5 Å². The molecule has 0 saturated carbocycles. The largest absolute Gasteiger partial charge is 0.508 e. The summed E-state index contributed by atoms with van der Waals surface area (Å²) >= 11 is 4.04. The van der Waals surface area contributed by atoms with E-state index in [9.17, 15) is 15.0 Å². The highest BCUT2D eigenvalue weighted by Gasteiger charge is 2.24. The van der Waals surface area contributed by atoms with Gasteiger partial charge in [-0.3, -0.25) is 4.79 Å². The highest BCUT2D eigenvalue weighted by Crippen LogP contribution is 2.36. The molecular formula is C24H26I2O5. The van der Waals surface area contributed by atoms with Crippen LogP contribution in [-0.2, 0) is 12.8 Å². The van der Waals surface area contributed by atoms with E-state index in [1.807, 2.05) is 51.2 Å². The molecule has 0 radical (unpaired) electrons. The maximum absolute atomic E-state index is 13.5. The molecule has 0 aliphatic heterocycles. The molecule has 166 valence electrons. The molecule has 3 aromatic rings. The Morgan fingerprint density at radius 1 is 0.968 bits per heavy atom. The van der Waals surface area contributed by atoms with Gasteiger partial charge in [-0.1, -0.05) is 19.8 Å². The molecular weight excluding hydrogens is 622 g/mol. The summed E-state index contributed by atoms with van der Waals surface area (Å²) in [6, 6.07) is 6.79. The summed E-state index contributed by atoms with van der Waals surface area (Å²) in [4.78, 5) is 13.5. The zero-order chi connectivity index (χ0) is 22.5. The molecule has 3 rings (SSSR count). The highest BCUT2D eigenvalue weighted by molar-refractivity contribution is 14.1.